The van der Waals surface area contributed by atoms with Gasteiger partial charge in [0, 0.05) is 22.8 Å². The molecule has 1 N–H and O–H groups in total. The number of sulfonamides is 1. The number of nitrogens with one attached hydrogen (secondary N) is 1. The number of amides is 1. The van der Waals surface area contributed by atoms with E-state index in [0.717, 1.165) is 10.0 Å². The molecule has 0 fully saturated rings. The molecule has 0 unspecified atom stereocenters. The van der Waals surface area contributed by atoms with Crippen molar-refractivity contribution in [3.05, 3.63) is 58.1 Å². The van der Waals surface area contributed by atoms with Gasteiger partial charge in [0.1, 0.15) is 4.90 Å². The van der Waals surface area contributed by atoms with Gasteiger partial charge in [0.25, 0.3) is 10.0 Å². The Morgan fingerprint density at radius 3 is 2.72 bits per heavy atom. The molecule has 1 heterocycles. The Balaban J connectivity index is 1.78. The van der Waals surface area contributed by atoms with Gasteiger partial charge in [0.05, 0.1) is 6.54 Å². The van der Waals surface area contributed by atoms with Gasteiger partial charge in [-0.2, -0.15) is 8.42 Å². The number of likely N-dealkylation sites (N-methyl/N-ethyl adjacent to an activating group) is 1. The average Bonchev–Trinajstić information content (AvgIpc) is 2.83. The van der Waals surface area contributed by atoms with Gasteiger partial charge in [0.15, 0.2) is 5.84 Å². The molecule has 8 heteroatoms. The van der Waals surface area contributed by atoms with E-state index in [-0.39, 0.29) is 23.2 Å². The molecule has 0 saturated heterocycles. The van der Waals surface area contributed by atoms with Crippen LogP contribution in [0.1, 0.15) is 11.1 Å². The lowest BCUT2D eigenvalue weighted by molar-refractivity contribution is -0.116. The quantitative estimate of drug-likeness (QED) is 0.825. The summed E-state index contributed by atoms with van der Waals surface area (Å²) in [5.74, 6) is 0.0184. The van der Waals surface area contributed by atoms with E-state index in [1.54, 1.807) is 25.2 Å². The highest BCUT2D eigenvalue weighted by Gasteiger charge is 2.30. The van der Waals surface area contributed by atoms with E-state index >= 15 is 0 Å². The van der Waals surface area contributed by atoms with E-state index in [1.165, 1.54) is 11.0 Å². The Morgan fingerprint density at radius 2 is 1.96 bits per heavy atom. The molecular formula is C17H16BrN3O3S. The van der Waals surface area contributed by atoms with E-state index in [4.69, 9.17) is 0 Å². The van der Waals surface area contributed by atoms with Crippen molar-refractivity contribution in [3.8, 4) is 0 Å². The van der Waals surface area contributed by atoms with Crippen LogP contribution in [0, 0.1) is 6.92 Å². The summed E-state index contributed by atoms with van der Waals surface area (Å²) >= 11 is 3.37. The summed E-state index contributed by atoms with van der Waals surface area (Å²) in [7, 11) is -2.06. The van der Waals surface area contributed by atoms with Crippen LogP contribution in [0.25, 0.3) is 0 Å². The molecule has 1 aliphatic heterocycles. The molecule has 0 spiro atoms. The second-order valence-electron chi connectivity index (χ2n) is 5.75. The van der Waals surface area contributed by atoms with E-state index < -0.39 is 10.0 Å². The normalized spacial score (nSPS) is 14.6. The fourth-order valence-corrected chi connectivity index (χ4v) is 4.19. The Labute approximate surface area is 154 Å². The molecule has 2 aromatic carbocycles. The highest BCUT2D eigenvalue weighted by molar-refractivity contribution is 9.10. The Hall–Kier alpha value is -2.19. The zero-order chi connectivity index (χ0) is 18.2. The molecule has 0 aliphatic carbocycles. The number of rotatable bonds is 3. The van der Waals surface area contributed by atoms with Gasteiger partial charge in [-0.3, -0.25) is 4.79 Å². The van der Waals surface area contributed by atoms with Crippen molar-refractivity contribution >= 4 is 43.4 Å². The van der Waals surface area contributed by atoms with Gasteiger partial charge >= 0.3 is 0 Å². The third kappa shape index (κ3) is 3.59. The summed E-state index contributed by atoms with van der Waals surface area (Å²) < 4.78 is 28.9. The number of halogens is 1. The molecule has 0 bridgehead atoms. The van der Waals surface area contributed by atoms with Crippen molar-refractivity contribution in [1.29, 1.82) is 0 Å². The molecule has 1 amide bonds. The van der Waals surface area contributed by atoms with Crippen molar-refractivity contribution in [1.82, 2.24) is 4.90 Å². The maximum atomic E-state index is 12.3. The summed E-state index contributed by atoms with van der Waals surface area (Å²) in [6, 6.07) is 12.2. The van der Waals surface area contributed by atoms with Crippen LogP contribution in [0.4, 0.5) is 5.69 Å². The van der Waals surface area contributed by atoms with Crippen molar-refractivity contribution in [2.24, 2.45) is 4.40 Å². The molecular weight excluding hydrogens is 406 g/mol. The Kier molecular flexibility index (Phi) is 4.66. The van der Waals surface area contributed by atoms with Crippen LogP contribution in [0.2, 0.25) is 0 Å². The predicted octanol–water partition coefficient (Wildman–Crippen LogP) is 2.78. The molecule has 1 aliphatic rings. The SMILES string of the molecule is Cc1ccc(Br)cc1NC(=O)CN(C)C1=NS(=O)(=O)c2ccccc21. The maximum absolute atomic E-state index is 12.3. The van der Waals surface area contributed by atoms with Crippen molar-refractivity contribution < 1.29 is 13.2 Å². The van der Waals surface area contributed by atoms with Gasteiger partial charge < -0.3 is 10.2 Å². The third-order valence-corrected chi connectivity index (χ3v) is 5.65. The van der Waals surface area contributed by atoms with E-state index in [2.05, 4.69) is 25.6 Å². The van der Waals surface area contributed by atoms with Gasteiger partial charge in [-0.1, -0.05) is 34.1 Å². The number of hydrogen-bond acceptors (Lipinski definition) is 4. The number of anilines is 1. The van der Waals surface area contributed by atoms with Gasteiger partial charge in [-0.05, 0) is 36.8 Å². The van der Waals surface area contributed by atoms with Crippen molar-refractivity contribution in [2.45, 2.75) is 11.8 Å². The number of benzene rings is 2. The number of hydrogen-bond donors (Lipinski definition) is 1. The monoisotopic (exact) mass is 421 g/mol. The van der Waals surface area contributed by atoms with E-state index in [0.29, 0.717) is 11.3 Å². The minimum atomic E-state index is -3.70. The summed E-state index contributed by atoms with van der Waals surface area (Å²) in [6.45, 7) is 1.88. The van der Waals surface area contributed by atoms with Crippen LogP contribution in [0.5, 0.6) is 0 Å². The molecule has 0 atom stereocenters. The summed E-state index contributed by atoms with van der Waals surface area (Å²) in [4.78, 5) is 14.0. The third-order valence-electron chi connectivity index (χ3n) is 3.83. The summed E-state index contributed by atoms with van der Waals surface area (Å²) in [6.07, 6.45) is 0. The highest BCUT2D eigenvalue weighted by Crippen LogP contribution is 2.27. The first-order valence-corrected chi connectivity index (χ1v) is 9.73. The second kappa shape index (κ2) is 6.61. The van der Waals surface area contributed by atoms with Gasteiger partial charge in [-0.15, -0.1) is 4.40 Å². The minimum absolute atomic E-state index is 0.0192. The molecule has 6 nitrogen and oxygen atoms in total. The molecule has 130 valence electrons. The van der Waals surface area contributed by atoms with Crippen LogP contribution in [0.15, 0.2) is 56.2 Å². The second-order valence-corrected chi connectivity index (χ2v) is 8.24. The largest absolute Gasteiger partial charge is 0.349 e. The number of fused-ring (bicyclic) bond motifs is 1. The van der Waals surface area contributed by atoms with Crippen LogP contribution < -0.4 is 5.32 Å². The zero-order valence-corrected chi connectivity index (χ0v) is 16.1. The molecule has 0 saturated carbocycles. The van der Waals surface area contributed by atoms with Crippen LogP contribution >= 0.6 is 15.9 Å². The lowest BCUT2D eigenvalue weighted by atomic mass is 10.2. The zero-order valence-electron chi connectivity index (χ0n) is 13.7. The Morgan fingerprint density at radius 1 is 1.24 bits per heavy atom. The van der Waals surface area contributed by atoms with E-state index in [9.17, 15) is 13.2 Å². The van der Waals surface area contributed by atoms with Crippen LogP contribution in [0.3, 0.4) is 0 Å². The van der Waals surface area contributed by atoms with Crippen molar-refractivity contribution in [3.63, 3.8) is 0 Å². The Bertz CT molecular complexity index is 986. The molecule has 3 rings (SSSR count). The number of carbonyl (C=O) groups is 1. The fraction of sp³-hybridized carbons (Fsp3) is 0.176. The summed E-state index contributed by atoms with van der Waals surface area (Å²) in [5, 5.41) is 2.84. The predicted molar refractivity (Wildman–Crippen MR) is 100 cm³/mol. The van der Waals surface area contributed by atoms with Gasteiger partial charge in [-0.25, -0.2) is 0 Å². The smallest absolute Gasteiger partial charge is 0.285 e. The average molecular weight is 422 g/mol. The van der Waals surface area contributed by atoms with Crippen LogP contribution in [-0.4, -0.2) is 38.7 Å². The topological polar surface area (TPSA) is 78.8 Å². The molecule has 0 radical (unpaired) electrons. The van der Waals surface area contributed by atoms with Crippen molar-refractivity contribution in [2.75, 3.05) is 18.9 Å². The molecule has 25 heavy (non-hydrogen) atoms. The molecule has 2 aromatic rings. The maximum Gasteiger partial charge on any atom is 0.285 e. The number of aryl methyl sites for hydroxylation is 1. The first-order valence-electron chi connectivity index (χ1n) is 7.49. The number of amidine groups is 1. The molecule has 0 aromatic heterocycles. The standard InChI is InChI=1S/C17H16BrN3O3S/c1-11-7-8-12(18)9-14(11)19-16(22)10-21(2)17-13-5-3-4-6-15(13)25(23,24)20-17/h3-9H,10H2,1-2H3,(H,19,22). The lowest BCUT2D eigenvalue weighted by Gasteiger charge is -2.19. The lowest BCUT2D eigenvalue weighted by Crippen LogP contribution is -2.35. The van der Waals surface area contributed by atoms with Crippen LogP contribution in [-0.2, 0) is 14.8 Å². The first kappa shape index (κ1) is 17.6. The van der Waals surface area contributed by atoms with Gasteiger partial charge in [0.2, 0.25) is 5.91 Å². The first-order chi connectivity index (χ1) is 11.8. The van der Waals surface area contributed by atoms with E-state index in [1.807, 2.05) is 25.1 Å². The fourth-order valence-electron chi connectivity index (χ4n) is 2.57. The number of carbonyl (C=O) groups excluding carboxylic acids is 1. The number of nitrogens with zero attached hydrogens (tertiary/aromatic N) is 2. The minimum Gasteiger partial charge on any atom is -0.349 e. The summed E-state index contributed by atoms with van der Waals surface area (Å²) in [5.41, 5.74) is 2.15. The highest BCUT2D eigenvalue weighted by atomic mass is 79.9.